The number of unbranched alkanes of at least 4 members (excludes halogenated alkanes) is 47. The van der Waals surface area contributed by atoms with Gasteiger partial charge in [-0.15, -0.1) is 0 Å². The van der Waals surface area contributed by atoms with E-state index in [1.54, 1.807) is 0 Å². The Hall–Kier alpha value is -2.37. The fraction of sp³-hybridized carbons (Fsp3) is 0.873. The third kappa shape index (κ3) is 64.3. The van der Waals surface area contributed by atoms with Crippen LogP contribution in [-0.4, -0.2) is 37.2 Å². The maximum Gasteiger partial charge on any atom is 0.306 e. The number of esters is 3. The first-order chi connectivity index (χ1) is 38.0. The molecule has 0 aliphatic carbocycles. The van der Waals surface area contributed by atoms with Crippen molar-refractivity contribution in [1.82, 2.24) is 0 Å². The molecule has 0 aromatic rings. The second kappa shape index (κ2) is 66.1. The second-order valence-corrected chi connectivity index (χ2v) is 23.4. The van der Waals surface area contributed by atoms with Gasteiger partial charge in [0.15, 0.2) is 6.10 Å². The topological polar surface area (TPSA) is 78.9 Å². The van der Waals surface area contributed by atoms with Crippen molar-refractivity contribution in [3.63, 3.8) is 0 Å². The van der Waals surface area contributed by atoms with Crippen LogP contribution in [0.15, 0.2) is 36.5 Å². The monoisotopic (exact) mass is 1080 g/mol. The lowest BCUT2D eigenvalue weighted by molar-refractivity contribution is -0.167. The van der Waals surface area contributed by atoms with E-state index < -0.39 is 6.10 Å². The summed E-state index contributed by atoms with van der Waals surface area (Å²) in [5.74, 6) is -0.853. The quantitative estimate of drug-likeness (QED) is 0.0261. The van der Waals surface area contributed by atoms with E-state index in [0.717, 1.165) is 64.2 Å². The molecule has 6 heteroatoms. The molecule has 0 amide bonds. The number of rotatable bonds is 64. The lowest BCUT2D eigenvalue weighted by Crippen LogP contribution is -2.30. The maximum absolute atomic E-state index is 12.9. The van der Waals surface area contributed by atoms with Crippen molar-refractivity contribution in [3.05, 3.63) is 36.5 Å². The van der Waals surface area contributed by atoms with Crippen LogP contribution in [0.4, 0.5) is 0 Å². The van der Waals surface area contributed by atoms with Gasteiger partial charge in [-0.25, -0.2) is 0 Å². The minimum atomic E-state index is -0.769. The third-order valence-electron chi connectivity index (χ3n) is 15.6. The van der Waals surface area contributed by atoms with E-state index in [1.165, 1.54) is 276 Å². The molecule has 0 saturated carbocycles. The van der Waals surface area contributed by atoms with Gasteiger partial charge < -0.3 is 14.2 Å². The summed E-state index contributed by atoms with van der Waals surface area (Å²) < 4.78 is 16.9. The van der Waals surface area contributed by atoms with Gasteiger partial charge >= 0.3 is 17.9 Å². The molecule has 0 aliphatic heterocycles. The van der Waals surface area contributed by atoms with Crippen LogP contribution in [-0.2, 0) is 28.6 Å². The van der Waals surface area contributed by atoms with Gasteiger partial charge in [0.2, 0.25) is 0 Å². The average Bonchev–Trinajstić information content (AvgIpc) is 3.43. The van der Waals surface area contributed by atoms with Crippen LogP contribution in [0.5, 0.6) is 0 Å². The molecule has 0 heterocycles. The zero-order valence-corrected chi connectivity index (χ0v) is 52.0. The molecule has 0 aromatic carbocycles. The predicted molar refractivity (Wildman–Crippen MR) is 335 cm³/mol. The van der Waals surface area contributed by atoms with Gasteiger partial charge in [-0.05, 0) is 77.0 Å². The molecule has 0 N–H and O–H groups in total. The first-order valence-electron chi connectivity index (χ1n) is 34.5. The lowest BCUT2D eigenvalue weighted by atomic mass is 10.0. The average molecular weight is 1080 g/mol. The molecule has 0 bridgehead atoms. The standard InChI is InChI=1S/C71H132O6/c1-4-7-10-13-16-18-20-22-24-26-28-30-32-33-34-35-36-37-39-40-42-44-46-48-50-52-55-58-61-64-70(73)76-67-68(66-75-69(72)63-60-57-54-15-12-9-6-3)77-71(74)65-62-59-56-53-51-49-47-45-43-41-38-31-29-27-25-23-21-19-17-14-11-8-5-2/h21,23,26-29,68H,4-20,22,24-25,30-67H2,1-3H3/b23-21-,28-26-,29-27-. The van der Waals surface area contributed by atoms with Crippen LogP contribution in [0.3, 0.4) is 0 Å². The van der Waals surface area contributed by atoms with E-state index in [0.29, 0.717) is 19.3 Å². The van der Waals surface area contributed by atoms with Crippen molar-refractivity contribution in [1.29, 1.82) is 0 Å². The number of hydrogen-bond donors (Lipinski definition) is 0. The van der Waals surface area contributed by atoms with E-state index in [2.05, 4.69) is 57.2 Å². The van der Waals surface area contributed by atoms with Crippen LogP contribution >= 0.6 is 0 Å². The second-order valence-electron chi connectivity index (χ2n) is 23.4. The summed E-state index contributed by atoms with van der Waals surface area (Å²) in [5.41, 5.74) is 0. The van der Waals surface area contributed by atoms with E-state index in [4.69, 9.17) is 14.2 Å². The van der Waals surface area contributed by atoms with Gasteiger partial charge in [0.1, 0.15) is 13.2 Å². The van der Waals surface area contributed by atoms with Crippen molar-refractivity contribution < 1.29 is 28.6 Å². The molecule has 0 radical (unpaired) electrons. The van der Waals surface area contributed by atoms with Gasteiger partial charge in [0, 0.05) is 19.3 Å². The molecule has 77 heavy (non-hydrogen) atoms. The molecule has 0 saturated heterocycles. The molecule has 0 spiro atoms. The fourth-order valence-corrected chi connectivity index (χ4v) is 10.4. The lowest BCUT2D eigenvalue weighted by Gasteiger charge is -2.18. The smallest absolute Gasteiger partial charge is 0.306 e. The highest BCUT2D eigenvalue weighted by atomic mass is 16.6. The Morgan fingerprint density at radius 2 is 0.468 bits per heavy atom. The van der Waals surface area contributed by atoms with Crippen molar-refractivity contribution in [2.24, 2.45) is 0 Å². The third-order valence-corrected chi connectivity index (χ3v) is 15.6. The molecule has 0 aromatic heterocycles. The summed E-state index contributed by atoms with van der Waals surface area (Å²) in [6.07, 6.45) is 82.0. The Kier molecular flexibility index (Phi) is 64.1. The SMILES string of the molecule is CCCCCCC/C=C\C/C=C\CCCCCCCCCCCCCC(=O)OC(COC(=O)CCCCCCCCC)COC(=O)CCCCCCCCCCCCCCCCCCC/C=C\CCCCCCCCCC. The molecular formula is C71H132O6. The van der Waals surface area contributed by atoms with Crippen LogP contribution in [0.2, 0.25) is 0 Å². The van der Waals surface area contributed by atoms with E-state index in [9.17, 15) is 14.4 Å². The van der Waals surface area contributed by atoms with Crippen molar-refractivity contribution in [2.45, 2.75) is 386 Å². The van der Waals surface area contributed by atoms with Gasteiger partial charge in [0.05, 0.1) is 0 Å². The summed E-state index contributed by atoms with van der Waals surface area (Å²) in [6.45, 7) is 6.65. The number of carbonyl (C=O) groups excluding carboxylic acids is 3. The Bertz CT molecular complexity index is 1290. The summed E-state index contributed by atoms with van der Waals surface area (Å²) in [6, 6.07) is 0. The summed E-state index contributed by atoms with van der Waals surface area (Å²) in [5, 5.41) is 0. The van der Waals surface area contributed by atoms with Crippen LogP contribution < -0.4 is 0 Å². The minimum Gasteiger partial charge on any atom is -0.462 e. The molecule has 1 unspecified atom stereocenters. The van der Waals surface area contributed by atoms with Crippen LogP contribution in [0, 0.1) is 0 Å². The Morgan fingerprint density at radius 1 is 0.260 bits per heavy atom. The van der Waals surface area contributed by atoms with Crippen molar-refractivity contribution in [3.8, 4) is 0 Å². The van der Waals surface area contributed by atoms with Crippen LogP contribution in [0.1, 0.15) is 380 Å². The molecule has 1 atom stereocenters. The highest BCUT2D eigenvalue weighted by molar-refractivity contribution is 5.71. The highest BCUT2D eigenvalue weighted by Gasteiger charge is 2.19. The zero-order chi connectivity index (χ0) is 55.7. The summed E-state index contributed by atoms with van der Waals surface area (Å²) in [7, 11) is 0. The number of carbonyl (C=O) groups is 3. The first kappa shape index (κ1) is 74.6. The summed E-state index contributed by atoms with van der Waals surface area (Å²) >= 11 is 0. The Labute approximate surface area is 480 Å². The normalized spacial score (nSPS) is 12.2. The highest BCUT2D eigenvalue weighted by Crippen LogP contribution is 2.18. The number of ether oxygens (including phenoxy) is 3. The number of hydrogen-bond acceptors (Lipinski definition) is 6. The zero-order valence-electron chi connectivity index (χ0n) is 52.0. The summed E-state index contributed by atoms with van der Waals surface area (Å²) in [4.78, 5) is 38.1. The molecular weight excluding hydrogens is 949 g/mol. The first-order valence-corrected chi connectivity index (χ1v) is 34.5. The predicted octanol–water partition coefficient (Wildman–Crippen LogP) is 23.6. The maximum atomic E-state index is 12.9. The fourth-order valence-electron chi connectivity index (χ4n) is 10.4. The van der Waals surface area contributed by atoms with Gasteiger partial charge in [-0.2, -0.15) is 0 Å². The number of allylic oxidation sites excluding steroid dienone is 6. The minimum absolute atomic E-state index is 0.0682. The van der Waals surface area contributed by atoms with Gasteiger partial charge in [-0.3, -0.25) is 14.4 Å². The van der Waals surface area contributed by atoms with Gasteiger partial charge in [0.25, 0.3) is 0 Å². The van der Waals surface area contributed by atoms with Crippen molar-refractivity contribution >= 4 is 17.9 Å². The Balaban J connectivity index is 4.03. The van der Waals surface area contributed by atoms with E-state index in [1.807, 2.05) is 0 Å². The molecule has 0 aliphatic rings. The largest absolute Gasteiger partial charge is 0.462 e. The van der Waals surface area contributed by atoms with E-state index in [-0.39, 0.29) is 31.1 Å². The van der Waals surface area contributed by atoms with Crippen molar-refractivity contribution in [2.75, 3.05) is 13.2 Å². The van der Waals surface area contributed by atoms with E-state index >= 15 is 0 Å². The Morgan fingerprint density at radius 3 is 0.727 bits per heavy atom. The van der Waals surface area contributed by atoms with Crippen LogP contribution in [0.25, 0.3) is 0 Å². The molecule has 0 rings (SSSR count). The van der Waals surface area contributed by atoms with Gasteiger partial charge in [-0.1, -0.05) is 320 Å². The molecule has 452 valence electrons. The molecule has 0 fully saturated rings. The molecule has 6 nitrogen and oxygen atoms in total.